The van der Waals surface area contributed by atoms with Gasteiger partial charge in [0.05, 0.1) is 5.92 Å². The maximum Gasteiger partial charge on any atom is 0.410 e. The fourth-order valence-corrected chi connectivity index (χ4v) is 3.81. The lowest BCUT2D eigenvalue weighted by Gasteiger charge is -2.29. The molecule has 0 bridgehead atoms. The van der Waals surface area contributed by atoms with Crippen molar-refractivity contribution in [2.45, 2.75) is 51.6 Å². The molecule has 0 radical (unpaired) electrons. The number of hydrogen-bond donors (Lipinski definition) is 1. The molecule has 1 aliphatic carbocycles. The van der Waals surface area contributed by atoms with E-state index in [0.29, 0.717) is 19.0 Å². The van der Waals surface area contributed by atoms with Gasteiger partial charge in [-0.1, -0.05) is 12.1 Å². The van der Waals surface area contributed by atoms with Gasteiger partial charge >= 0.3 is 6.09 Å². The van der Waals surface area contributed by atoms with Crippen molar-refractivity contribution < 1.29 is 14.3 Å². The molecule has 2 aliphatic heterocycles. The number of rotatable bonds is 2. The molecule has 1 aromatic rings. The van der Waals surface area contributed by atoms with Gasteiger partial charge in [-0.3, -0.25) is 4.79 Å². The van der Waals surface area contributed by atoms with Crippen LogP contribution >= 0.6 is 0 Å². The van der Waals surface area contributed by atoms with E-state index in [1.807, 2.05) is 26.8 Å². The average molecular weight is 354 g/mol. The predicted octanol–water partition coefficient (Wildman–Crippen LogP) is 4.16. The standard InChI is InChI=1S/C21H26N2O3/c1-21(2,3)26-20(25)23-10-8-13(9-11-23)15-6-7-17-16(12-15)18(14-4-5-14)19(24)22-17/h6-8,12,14,18H,4-5,9-11H2,1-3H3,(H,22,24). The maximum atomic E-state index is 12.2. The summed E-state index contributed by atoms with van der Waals surface area (Å²) in [6.07, 6.45) is 4.94. The zero-order valence-electron chi connectivity index (χ0n) is 15.7. The van der Waals surface area contributed by atoms with E-state index in [1.54, 1.807) is 4.90 Å². The van der Waals surface area contributed by atoms with Crippen molar-refractivity contribution in [2.75, 3.05) is 18.4 Å². The first-order chi connectivity index (χ1) is 12.3. The molecule has 1 saturated carbocycles. The summed E-state index contributed by atoms with van der Waals surface area (Å²) < 4.78 is 5.45. The van der Waals surface area contributed by atoms with Crippen LogP contribution in [0.15, 0.2) is 24.3 Å². The quantitative estimate of drug-likeness (QED) is 0.868. The van der Waals surface area contributed by atoms with E-state index >= 15 is 0 Å². The first kappa shape index (κ1) is 17.1. The highest BCUT2D eigenvalue weighted by atomic mass is 16.6. The molecule has 1 fully saturated rings. The Balaban J connectivity index is 1.50. The number of anilines is 1. The van der Waals surface area contributed by atoms with Crippen LogP contribution in [0.2, 0.25) is 0 Å². The van der Waals surface area contributed by atoms with Crippen molar-refractivity contribution in [1.29, 1.82) is 0 Å². The van der Waals surface area contributed by atoms with Crippen LogP contribution in [0.3, 0.4) is 0 Å². The molecule has 26 heavy (non-hydrogen) atoms. The number of nitrogens with one attached hydrogen (secondary N) is 1. The number of carbonyl (C=O) groups excluding carboxylic acids is 2. The molecule has 5 heteroatoms. The summed E-state index contributed by atoms with van der Waals surface area (Å²) in [6, 6.07) is 6.26. The third-order valence-corrected chi connectivity index (χ3v) is 5.25. The smallest absolute Gasteiger partial charge is 0.410 e. The second-order valence-electron chi connectivity index (χ2n) is 8.51. The summed E-state index contributed by atoms with van der Waals surface area (Å²) in [7, 11) is 0. The summed E-state index contributed by atoms with van der Waals surface area (Å²) >= 11 is 0. The molecular formula is C21H26N2O3. The summed E-state index contributed by atoms with van der Waals surface area (Å²) in [4.78, 5) is 26.2. The van der Waals surface area contributed by atoms with Crippen molar-refractivity contribution >= 4 is 23.3 Å². The minimum Gasteiger partial charge on any atom is -0.444 e. The van der Waals surface area contributed by atoms with Crippen LogP contribution in [-0.2, 0) is 9.53 Å². The molecule has 5 nitrogen and oxygen atoms in total. The number of carbonyl (C=O) groups is 2. The van der Waals surface area contributed by atoms with E-state index in [1.165, 1.54) is 5.57 Å². The van der Waals surface area contributed by atoms with Crippen molar-refractivity contribution in [3.63, 3.8) is 0 Å². The summed E-state index contributed by atoms with van der Waals surface area (Å²) in [6.45, 7) is 6.86. The van der Waals surface area contributed by atoms with Crippen LogP contribution in [-0.4, -0.2) is 35.6 Å². The molecule has 4 rings (SSSR count). The minimum atomic E-state index is -0.474. The molecule has 0 spiro atoms. The first-order valence-corrected chi connectivity index (χ1v) is 9.44. The predicted molar refractivity (Wildman–Crippen MR) is 101 cm³/mol. The third-order valence-electron chi connectivity index (χ3n) is 5.25. The minimum absolute atomic E-state index is 0.0207. The van der Waals surface area contributed by atoms with E-state index < -0.39 is 5.60 Å². The number of ether oxygens (including phenoxy) is 1. The lowest BCUT2D eigenvalue weighted by atomic mass is 9.91. The van der Waals surface area contributed by atoms with Gasteiger partial charge in [-0.25, -0.2) is 4.79 Å². The Morgan fingerprint density at radius 2 is 2.04 bits per heavy atom. The first-order valence-electron chi connectivity index (χ1n) is 9.44. The van der Waals surface area contributed by atoms with E-state index in [-0.39, 0.29) is 17.9 Å². The highest BCUT2D eigenvalue weighted by molar-refractivity contribution is 6.03. The van der Waals surface area contributed by atoms with Gasteiger partial charge in [0.15, 0.2) is 0 Å². The van der Waals surface area contributed by atoms with E-state index in [0.717, 1.165) is 36.1 Å². The summed E-state index contributed by atoms with van der Waals surface area (Å²) in [5.41, 5.74) is 4.03. The van der Waals surface area contributed by atoms with Crippen LogP contribution in [0.1, 0.15) is 57.1 Å². The van der Waals surface area contributed by atoms with Gasteiger partial charge in [-0.15, -0.1) is 0 Å². The van der Waals surface area contributed by atoms with Crippen molar-refractivity contribution in [1.82, 2.24) is 4.90 Å². The number of nitrogens with zero attached hydrogens (tertiary/aromatic N) is 1. The highest BCUT2D eigenvalue weighted by Crippen LogP contribution is 2.48. The Morgan fingerprint density at radius 1 is 1.27 bits per heavy atom. The summed E-state index contributed by atoms with van der Waals surface area (Å²) in [5, 5.41) is 3.01. The van der Waals surface area contributed by atoms with Gasteiger partial charge in [0.1, 0.15) is 5.60 Å². The van der Waals surface area contributed by atoms with Crippen molar-refractivity contribution in [3.8, 4) is 0 Å². The van der Waals surface area contributed by atoms with Gasteiger partial charge < -0.3 is 15.0 Å². The maximum absolute atomic E-state index is 12.2. The third kappa shape index (κ3) is 3.35. The molecule has 3 aliphatic rings. The molecule has 2 amide bonds. The number of fused-ring (bicyclic) bond motifs is 1. The van der Waals surface area contributed by atoms with Crippen LogP contribution in [0.25, 0.3) is 5.57 Å². The van der Waals surface area contributed by atoms with Crippen LogP contribution in [0.4, 0.5) is 10.5 Å². The van der Waals surface area contributed by atoms with Crippen molar-refractivity contribution in [3.05, 3.63) is 35.4 Å². The van der Waals surface area contributed by atoms with Gasteiger partial charge in [-0.2, -0.15) is 0 Å². The Labute approximate surface area is 154 Å². The van der Waals surface area contributed by atoms with Crippen LogP contribution in [0, 0.1) is 5.92 Å². The molecule has 1 atom stereocenters. The molecule has 1 unspecified atom stereocenters. The Kier molecular flexibility index (Phi) is 4.05. The fourth-order valence-electron chi connectivity index (χ4n) is 3.81. The molecule has 2 heterocycles. The largest absolute Gasteiger partial charge is 0.444 e. The van der Waals surface area contributed by atoms with E-state index in [9.17, 15) is 9.59 Å². The SMILES string of the molecule is CC(C)(C)OC(=O)N1CC=C(c2ccc3c(c2)C(C2CC2)C(=O)N3)CC1. The average Bonchev–Trinajstić information content (AvgIpc) is 3.35. The molecular weight excluding hydrogens is 328 g/mol. The van der Waals surface area contributed by atoms with Crippen molar-refractivity contribution in [2.24, 2.45) is 5.92 Å². The lowest BCUT2D eigenvalue weighted by Crippen LogP contribution is -2.39. The van der Waals surface area contributed by atoms with Gasteiger partial charge in [0.25, 0.3) is 0 Å². The van der Waals surface area contributed by atoms with Gasteiger partial charge in [0.2, 0.25) is 5.91 Å². The number of hydrogen-bond acceptors (Lipinski definition) is 3. The second kappa shape index (κ2) is 6.15. The normalized spacial score (nSPS) is 22.6. The van der Waals surface area contributed by atoms with Gasteiger partial charge in [-0.05, 0) is 74.8 Å². The van der Waals surface area contributed by atoms with Crippen LogP contribution < -0.4 is 5.32 Å². The highest BCUT2D eigenvalue weighted by Gasteiger charge is 2.42. The Bertz CT molecular complexity index is 787. The van der Waals surface area contributed by atoms with E-state index in [4.69, 9.17) is 4.74 Å². The van der Waals surface area contributed by atoms with Gasteiger partial charge in [0, 0.05) is 18.8 Å². The topological polar surface area (TPSA) is 58.6 Å². The molecule has 0 saturated heterocycles. The number of amides is 2. The Hall–Kier alpha value is -2.30. The zero-order valence-corrected chi connectivity index (χ0v) is 15.7. The Morgan fingerprint density at radius 3 is 2.65 bits per heavy atom. The lowest BCUT2D eigenvalue weighted by molar-refractivity contribution is -0.117. The second-order valence-corrected chi connectivity index (χ2v) is 8.51. The van der Waals surface area contributed by atoms with E-state index in [2.05, 4.69) is 23.5 Å². The number of benzene rings is 1. The summed E-state index contributed by atoms with van der Waals surface area (Å²) in [5.74, 6) is 0.676. The molecule has 1 aromatic carbocycles. The van der Waals surface area contributed by atoms with Crippen LogP contribution in [0.5, 0.6) is 0 Å². The monoisotopic (exact) mass is 354 g/mol. The fraction of sp³-hybridized carbons (Fsp3) is 0.524. The molecule has 1 N–H and O–H groups in total. The zero-order chi connectivity index (χ0) is 18.5. The molecule has 138 valence electrons. The molecule has 0 aromatic heterocycles.